The molecule has 4 saturated heterocycles. The van der Waals surface area contributed by atoms with Crippen LogP contribution in [0.1, 0.15) is 82.7 Å². The van der Waals surface area contributed by atoms with Gasteiger partial charge in [0.1, 0.15) is 11.0 Å². The molecule has 6 aromatic rings. The number of sulfonamides is 2. The number of benzene rings is 2. The smallest absolute Gasteiger partial charge is 0.256 e. The molecule has 0 aliphatic carbocycles. The minimum absolute atomic E-state index is 0.172. The van der Waals surface area contributed by atoms with Crippen molar-refractivity contribution in [3.63, 3.8) is 0 Å². The molecule has 0 spiro atoms. The molecule has 5 N–H and O–H groups in total. The lowest BCUT2D eigenvalue weighted by Crippen LogP contribution is -2.39. The molecule has 2 aromatic carbocycles. The quantitative estimate of drug-likeness (QED) is 0.123. The topological polar surface area (TPSA) is 297 Å². The summed E-state index contributed by atoms with van der Waals surface area (Å²) in [5.41, 5.74) is 3.36. The van der Waals surface area contributed by atoms with Crippen LogP contribution in [-0.2, 0) is 20.0 Å². The van der Waals surface area contributed by atoms with Crippen LogP contribution in [0.5, 0.6) is 0 Å². The highest BCUT2D eigenvalue weighted by molar-refractivity contribution is 7.92. The lowest BCUT2D eigenvalue weighted by molar-refractivity contribution is 0.0601. The van der Waals surface area contributed by atoms with Gasteiger partial charge in [0.25, 0.3) is 11.8 Å². The van der Waals surface area contributed by atoms with Gasteiger partial charge >= 0.3 is 0 Å². The summed E-state index contributed by atoms with van der Waals surface area (Å²) in [6.07, 6.45) is 9.39. The zero-order valence-corrected chi connectivity index (χ0v) is 44.5. The first-order valence-electron chi connectivity index (χ1n) is 23.8. The number of carbonyl (C=O) groups excluding carboxylic acids is 2. The molecular formula is C48H53Cl3N14O8S2. The van der Waals surface area contributed by atoms with Crippen LogP contribution in [0.4, 0.5) is 17.2 Å². The van der Waals surface area contributed by atoms with Crippen LogP contribution in [-0.4, -0.2) is 142 Å². The van der Waals surface area contributed by atoms with Gasteiger partial charge < -0.3 is 30.2 Å². The van der Waals surface area contributed by atoms with E-state index in [0.717, 1.165) is 44.6 Å². The molecule has 27 heteroatoms. The van der Waals surface area contributed by atoms with Gasteiger partial charge in [0.05, 0.1) is 107 Å². The lowest BCUT2D eigenvalue weighted by Gasteiger charge is -2.35. The Morgan fingerprint density at radius 3 is 1.63 bits per heavy atom. The zero-order chi connectivity index (χ0) is 53.8. The summed E-state index contributed by atoms with van der Waals surface area (Å²) in [5.74, 6) is -0.671. The Labute approximate surface area is 447 Å². The molecule has 4 aromatic heterocycles. The molecule has 4 aliphatic heterocycles. The monoisotopic (exact) mass is 1120 g/mol. The van der Waals surface area contributed by atoms with Gasteiger partial charge in [-0.1, -0.05) is 34.8 Å². The fourth-order valence-electron chi connectivity index (χ4n) is 9.39. The molecule has 0 saturated carbocycles. The second-order valence-corrected chi connectivity index (χ2v) is 23.4. The van der Waals surface area contributed by atoms with Gasteiger partial charge in [0, 0.05) is 49.3 Å². The second-order valence-electron chi connectivity index (χ2n) is 18.6. The molecule has 396 valence electrons. The first kappa shape index (κ1) is 54.9. The number of hydrogen-bond acceptors (Lipinski definition) is 16. The molecule has 0 unspecified atom stereocenters. The molecule has 10 rings (SSSR count). The summed E-state index contributed by atoms with van der Waals surface area (Å²) in [5, 5.41) is 49.2. The van der Waals surface area contributed by atoms with Crippen molar-refractivity contribution in [1.82, 2.24) is 44.3 Å². The standard InChI is InChI=1S/C24H26ClN7O4S.C19H19Cl2N5O3S.C5H8N2O/c1-37(35,36)29-18-6-5-16(25)10-17(18)24(34)31-9-3-2-4-20(31)19-13-32-22(27-19)7-8-23(28-32)30-12-15(11-26)21(33)14-30;1-30(28,29)24-14-6-5-12(20)10-13(14)19(27)25-9-3-2-4-16(25)15-11-26-18(22-15)8-7-17(21)23-26;6-1-4-2-7-3-5(4)8/h5-8,10,13,15,20-21,29,33H,2-4,9,12,14H2,1H3;5-8,10-11,16,24H,2-4,9H2,1H3;4-5,7-8H,2-3H2/t15-,20+,21+;16-;4-,5+/m101/s1. The average Bonchev–Trinajstić information content (AvgIpc) is 4.20. The number of piperidine rings is 2. The predicted octanol–water partition coefficient (Wildman–Crippen LogP) is 5.31. The van der Waals surface area contributed by atoms with Crippen molar-refractivity contribution in [1.29, 1.82) is 10.5 Å². The number of aliphatic hydroxyl groups is 2. The number of imidazole rings is 2. The van der Waals surface area contributed by atoms with Gasteiger partial charge in [0.15, 0.2) is 11.3 Å². The van der Waals surface area contributed by atoms with E-state index in [1.807, 2.05) is 17.0 Å². The average molecular weight is 1120 g/mol. The number of nitrogens with one attached hydrogen (secondary N) is 3. The Morgan fingerprint density at radius 2 is 1.17 bits per heavy atom. The maximum atomic E-state index is 13.7. The van der Waals surface area contributed by atoms with Crippen LogP contribution < -0.4 is 19.7 Å². The normalized spacial score (nSPS) is 21.9. The Balaban J connectivity index is 0.000000176. The summed E-state index contributed by atoms with van der Waals surface area (Å²) in [6.45, 7) is 2.94. The second kappa shape index (κ2) is 23.3. The molecule has 4 aliphatic rings. The number of fused-ring (bicyclic) bond motifs is 2. The van der Waals surface area contributed by atoms with Crippen LogP contribution in [0.3, 0.4) is 0 Å². The molecule has 0 radical (unpaired) electrons. The summed E-state index contributed by atoms with van der Waals surface area (Å²) in [6, 6.07) is 19.6. The third-order valence-corrected chi connectivity index (χ3v) is 14.8. The minimum atomic E-state index is -3.60. The van der Waals surface area contributed by atoms with E-state index in [-0.39, 0.29) is 52.3 Å². The number of nitrogens with zero attached hydrogens (tertiary/aromatic N) is 11. The maximum Gasteiger partial charge on any atom is 0.256 e. The Morgan fingerprint density at radius 1 is 0.667 bits per heavy atom. The first-order valence-corrected chi connectivity index (χ1v) is 28.8. The molecule has 2 amide bonds. The van der Waals surface area contributed by atoms with E-state index < -0.39 is 38.2 Å². The van der Waals surface area contributed by atoms with Crippen LogP contribution in [0, 0.1) is 34.5 Å². The SMILES string of the molecule is CS(=O)(=O)Nc1ccc(Cl)cc1C(=O)N1CCCC[C@H]1c1cn2nc(Cl)ccc2n1.CS(=O)(=O)Nc1ccc(Cl)cc1C(=O)N1CCCC[C@H]1c1cn2nc(N3C[C@@H](C#N)[C@@H](O)C3)ccc2n1.N#C[C@@H]1CNC[C@@H]1O. The number of β-amino-alcohol motifs (C(OH)–C–C–N with tert-alkyl or cyclic N) is 2. The summed E-state index contributed by atoms with van der Waals surface area (Å²) in [7, 11) is -7.17. The van der Waals surface area contributed by atoms with E-state index in [0.29, 0.717) is 89.4 Å². The van der Waals surface area contributed by atoms with Crippen molar-refractivity contribution in [3.8, 4) is 12.1 Å². The lowest BCUT2D eigenvalue weighted by atomic mass is 9.98. The fraction of sp³-hybridized carbons (Fsp3) is 0.417. The number of aliphatic hydroxyl groups excluding tert-OH is 2. The number of amides is 2. The zero-order valence-electron chi connectivity index (χ0n) is 40.6. The number of nitriles is 2. The van der Waals surface area contributed by atoms with Gasteiger partial charge in [-0.25, -0.2) is 35.8 Å². The van der Waals surface area contributed by atoms with Crippen molar-refractivity contribution >= 4 is 95.2 Å². The van der Waals surface area contributed by atoms with E-state index in [1.54, 1.807) is 49.4 Å². The van der Waals surface area contributed by atoms with Crippen LogP contribution in [0.2, 0.25) is 15.2 Å². The van der Waals surface area contributed by atoms with Crippen molar-refractivity contribution in [2.75, 3.05) is 66.1 Å². The molecule has 8 heterocycles. The van der Waals surface area contributed by atoms with Crippen LogP contribution >= 0.6 is 34.8 Å². The molecule has 0 bridgehead atoms. The highest BCUT2D eigenvalue weighted by Crippen LogP contribution is 2.36. The number of rotatable bonds is 9. The number of carbonyl (C=O) groups is 2. The van der Waals surface area contributed by atoms with Gasteiger partial charge in [0.2, 0.25) is 20.0 Å². The third kappa shape index (κ3) is 13.4. The van der Waals surface area contributed by atoms with Crippen LogP contribution in [0.15, 0.2) is 73.1 Å². The fourth-order valence-corrected chi connectivity index (χ4v) is 11.0. The third-order valence-electron chi connectivity index (χ3n) is 13.0. The Kier molecular flexibility index (Phi) is 17.0. The van der Waals surface area contributed by atoms with E-state index >= 15 is 0 Å². The molecule has 75 heavy (non-hydrogen) atoms. The minimum Gasteiger partial charge on any atom is -0.390 e. The maximum absolute atomic E-state index is 13.7. The number of likely N-dealkylation sites (tertiary alicyclic amines) is 2. The van der Waals surface area contributed by atoms with E-state index in [1.165, 1.54) is 36.4 Å². The Bertz CT molecular complexity index is 3420. The Hall–Kier alpha value is -6.35. The summed E-state index contributed by atoms with van der Waals surface area (Å²) >= 11 is 18.2. The number of hydrogen-bond donors (Lipinski definition) is 5. The number of anilines is 3. The van der Waals surface area contributed by atoms with Crippen molar-refractivity contribution in [2.45, 2.75) is 62.8 Å². The van der Waals surface area contributed by atoms with Crippen LogP contribution in [0.25, 0.3) is 11.3 Å². The highest BCUT2D eigenvalue weighted by Gasteiger charge is 2.35. The highest BCUT2D eigenvalue weighted by atomic mass is 35.5. The molecular weight excluding hydrogens is 1070 g/mol. The predicted molar refractivity (Wildman–Crippen MR) is 281 cm³/mol. The largest absolute Gasteiger partial charge is 0.390 e. The van der Waals surface area contributed by atoms with Gasteiger partial charge in [-0.2, -0.15) is 15.6 Å². The molecule has 6 atom stereocenters. The van der Waals surface area contributed by atoms with Crippen molar-refractivity contribution in [2.24, 2.45) is 11.8 Å². The van der Waals surface area contributed by atoms with Crippen molar-refractivity contribution < 1.29 is 36.6 Å². The molecule has 4 fully saturated rings. The summed E-state index contributed by atoms with van der Waals surface area (Å²) < 4.78 is 55.3. The molecule has 22 nitrogen and oxygen atoms in total. The number of aromatic nitrogens is 6. The summed E-state index contributed by atoms with van der Waals surface area (Å²) in [4.78, 5) is 41.8. The van der Waals surface area contributed by atoms with Gasteiger partial charge in [-0.3, -0.25) is 19.0 Å². The first-order chi connectivity index (χ1) is 35.7. The van der Waals surface area contributed by atoms with Gasteiger partial charge in [-0.15, -0.1) is 5.10 Å². The van der Waals surface area contributed by atoms with E-state index in [9.17, 15) is 36.8 Å². The van der Waals surface area contributed by atoms with Crippen molar-refractivity contribution in [3.05, 3.63) is 111 Å². The van der Waals surface area contributed by atoms with Gasteiger partial charge in [-0.05, 0) is 99.2 Å². The van der Waals surface area contributed by atoms with E-state index in [2.05, 4.69) is 36.0 Å². The van der Waals surface area contributed by atoms with E-state index in [4.69, 9.17) is 50.2 Å². The number of halogens is 3.